The molecule has 0 aliphatic heterocycles. The summed E-state index contributed by atoms with van der Waals surface area (Å²) >= 11 is 0. The lowest BCUT2D eigenvalue weighted by Gasteiger charge is -2.29. The maximum Gasteiger partial charge on any atom is 0.303 e. The van der Waals surface area contributed by atoms with E-state index in [9.17, 15) is 4.79 Å². The number of hydrogen-bond donors (Lipinski definition) is 1. The molecule has 3 rings (SSSR count). The second kappa shape index (κ2) is 6.75. The molecule has 0 saturated heterocycles. The zero-order chi connectivity index (χ0) is 17.3. The molecule has 1 aromatic carbocycles. The zero-order valence-corrected chi connectivity index (χ0v) is 14.3. The number of aliphatic carboxylic acids is 1. The van der Waals surface area contributed by atoms with Crippen molar-refractivity contribution in [2.75, 3.05) is 21.3 Å². The van der Waals surface area contributed by atoms with Crippen LogP contribution in [-0.2, 0) is 4.79 Å². The first-order valence-electron chi connectivity index (χ1n) is 8.29. The van der Waals surface area contributed by atoms with Crippen LogP contribution >= 0.6 is 0 Å². The number of allylic oxidation sites excluding steroid dienone is 2. The molecular formula is C19H24O5. The van der Waals surface area contributed by atoms with Gasteiger partial charge in [0.1, 0.15) is 0 Å². The smallest absolute Gasteiger partial charge is 0.303 e. The molecule has 2 aliphatic carbocycles. The van der Waals surface area contributed by atoms with Crippen molar-refractivity contribution in [2.24, 2.45) is 17.8 Å². The number of carbonyl (C=O) groups is 1. The molecule has 2 aliphatic rings. The summed E-state index contributed by atoms with van der Waals surface area (Å²) < 4.78 is 16.4. The Hall–Kier alpha value is -2.17. The highest BCUT2D eigenvalue weighted by Gasteiger charge is 2.45. The molecule has 0 amide bonds. The van der Waals surface area contributed by atoms with Crippen LogP contribution in [0.1, 0.15) is 30.7 Å². The van der Waals surface area contributed by atoms with Crippen LogP contribution in [-0.4, -0.2) is 32.4 Å². The van der Waals surface area contributed by atoms with Crippen molar-refractivity contribution in [3.8, 4) is 17.2 Å². The van der Waals surface area contributed by atoms with Gasteiger partial charge in [-0.25, -0.2) is 0 Å². The minimum Gasteiger partial charge on any atom is -0.493 e. The van der Waals surface area contributed by atoms with Gasteiger partial charge in [0.05, 0.1) is 21.3 Å². The average molecular weight is 332 g/mol. The molecule has 5 heteroatoms. The summed E-state index contributed by atoms with van der Waals surface area (Å²) in [6.07, 6.45) is 6.54. The second-order valence-corrected chi connectivity index (χ2v) is 6.53. The van der Waals surface area contributed by atoms with E-state index >= 15 is 0 Å². The van der Waals surface area contributed by atoms with E-state index in [1.165, 1.54) is 0 Å². The van der Waals surface area contributed by atoms with Gasteiger partial charge < -0.3 is 19.3 Å². The fraction of sp³-hybridized carbons (Fsp3) is 0.526. The number of methoxy groups -OCH3 is 3. The molecule has 130 valence electrons. The number of hydrogen-bond acceptors (Lipinski definition) is 4. The van der Waals surface area contributed by atoms with E-state index in [1.807, 2.05) is 12.1 Å². The molecule has 0 radical (unpaired) electrons. The molecule has 0 aromatic heterocycles. The van der Waals surface area contributed by atoms with E-state index in [2.05, 4.69) is 12.2 Å². The van der Waals surface area contributed by atoms with Crippen molar-refractivity contribution in [1.29, 1.82) is 0 Å². The van der Waals surface area contributed by atoms with Crippen molar-refractivity contribution >= 4 is 5.97 Å². The second-order valence-electron chi connectivity index (χ2n) is 6.53. The van der Waals surface area contributed by atoms with Gasteiger partial charge >= 0.3 is 5.97 Å². The topological polar surface area (TPSA) is 65.0 Å². The van der Waals surface area contributed by atoms with E-state index in [-0.39, 0.29) is 6.42 Å². The van der Waals surface area contributed by atoms with E-state index in [0.717, 1.165) is 12.0 Å². The highest BCUT2D eigenvalue weighted by molar-refractivity contribution is 5.66. The first kappa shape index (κ1) is 16.7. The first-order chi connectivity index (χ1) is 11.6. The van der Waals surface area contributed by atoms with Crippen LogP contribution in [0.3, 0.4) is 0 Å². The van der Waals surface area contributed by atoms with E-state index in [4.69, 9.17) is 19.3 Å². The third-order valence-electron chi connectivity index (χ3n) is 5.39. The van der Waals surface area contributed by atoms with Crippen LogP contribution in [0.2, 0.25) is 0 Å². The van der Waals surface area contributed by atoms with Crippen molar-refractivity contribution in [2.45, 2.75) is 25.2 Å². The highest BCUT2D eigenvalue weighted by Crippen LogP contribution is 2.56. The summed E-state index contributed by atoms with van der Waals surface area (Å²) in [5.41, 5.74) is 1.14. The molecule has 2 bridgehead atoms. The SMILES string of the molecule is COc1cc(C2C3C=CC(C3)C2CCC(=O)O)cc(OC)c1OC. The number of benzene rings is 1. The molecule has 4 unspecified atom stereocenters. The molecule has 1 aromatic rings. The number of rotatable bonds is 7. The number of carboxylic acids is 1. The molecule has 4 atom stereocenters. The van der Waals surface area contributed by atoms with Gasteiger partial charge in [-0.1, -0.05) is 12.2 Å². The van der Waals surface area contributed by atoms with E-state index in [1.54, 1.807) is 21.3 Å². The molecule has 1 fully saturated rings. The summed E-state index contributed by atoms with van der Waals surface area (Å²) in [6.45, 7) is 0. The third-order valence-corrected chi connectivity index (χ3v) is 5.39. The van der Waals surface area contributed by atoms with Gasteiger partial charge in [0.2, 0.25) is 5.75 Å². The van der Waals surface area contributed by atoms with Gasteiger partial charge in [-0.3, -0.25) is 4.79 Å². The van der Waals surface area contributed by atoms with Crippen LogP contribution < -0.4 is 14.2 Å². The summed E-state index contributed by atoms with van der Waals surface area (Å²) in [6, 6.07) is 4.02. The van der Waals surface area contributed by atoms with E-state index < -0.39 is 5.97 Å². The van der Waals surface area contributed by atoms with Crippen molar-refractivity contribution in [3.05, 3.63) is 29.8 Å². The lowest BCUT2D eigenvalue weighted by molar-refractivity contribution is -0.137. The summed E-state index contributed by atoms with van der Waals surface area (Å²) in [5, 5.41) is 9.06. The summed E-state index contributed by atoms with van der Waals surface area (Å²) in [4.78, 5) is 11.0. The Kier molecular flexibility index (Phi) is 4.69. The predicted molar refractivity (Wildman–Crippen MR) is 89.9 cm³/mol. The normalized spacial score (nSPS) is 27.3. The van der Waals surface area contributed by atoms with Gasteiger partial charge in [0.15, 0.2) is 11.5 Å². The fourth-order valence-corrected chi connectivity index (χ4v) is 4.40. The molecule has 0 heterocycles. The summed E-state index contributed by atoms with van der Waals surface area (Å²) in [7, 11) is 4.82. The van der Waals surface area contributed by atoms with Crippen LogP contribution in [0.15, 0.2) is 24.3 Å². The maximum absolute atomic E-state index is 11.0. The molecule has 1 saturated carbocycles. The standard InChI is InChI=1S/C19H24O5/c1-22-15-9-13(10-16(23-2)19(15)24-3)18-12-5-4-11(8-12)14(18)6-7-17(20)21/h4-5,9-12,14,18H,6-8H2,1-3H3,(H,20,21). The molecule has 0 spiro atoms. The minimum atomic E-state index is -0.731. The Morgan fingerprint density at radius 3 is 2.25 bits per heavy atom. The maximum atomic E-state index is 11.0. The van der Waals surface area contributed by atoms with Gasteiger partial charge in [-0.15, -0.1) is 0 Å². The Morgan fingerprint density at radius 2 is 1.71 bits per heavy atom. The number of fused-ring (bicyclic) bond motifs is 2. The molecule has 1 N–H and O–H groups in total. The van der Waals surface area contributed by atoms with Crippen molar-refractivity contribution < 1.29 is 24.1 Å². The Balaban J connectivity index is 1.97. The van der Waals surface area contributed by atoms with Gasteiger partial charge in [0, 0.05) is 6.42 Å². The van der Waals surface area contributed by atoms with Gasteiger partial charge in [-0.2, -0.15) is 0 Å². The van der Waals surface area contributed by atoms with Gasteiger partial charge in [-0.05, 0) is 54.2 Å². The van der Waals surface area contributed by atoms with Crippen LogP contribution in [0.25, 0.3) is 0 Å². The quantitative estimate of drug-likeness (QED) is 0.774. The fourth-order valence-electron chi connectivity index (χ4n) is 4.40. The molecular weight excluding hydrogens is 308 g/mol. The zero-order valence-electron chi connectivity index (χ0n) is 14.3. The van der Waals surface area contributed by atoms with Crippen molar-refractivity contribution in [3.63, 3.8) is 0 Å². The summed E-state index contributed by atoms with van der Waals surface area (Å²) in [5.74, 6) is 2.73. The Morgan fingerprint density at radius 1 is 1.08 bits per heavy atom. The Bertz CT molecular complexity index is 626. The number of carboxylic acid groups (broad SMARTS) is 1. The third kappa shape index (κ3) is 2.83. The number of ether oxygens (including phenoxy) is 3. The predicted octanol–water partition coefficient (Wildman–Crippen LogP) is 3.48. The van der Waals surface area contributed by atoms with Crippen LogP contribution in [0.5, 0.6) is 17.2 Å². The molecule has 24 heavy (non-hydrogen) atoms. The first-order valence-corrected chi connectivity index (χ1v) is 8.29. The van der Waals surface area contributed by atoms with Crippen LogP contribution in [0, 0.1) is 17.8 Å². The molecule has 5 nitrogen and oxygen atoms in total. The lowest BCUT2D eigenvalue weighted by atomic mass is 9.76. The Labute approximate surface area is 142 Å². The largest absolute Gasteiger partial charge is 0.493 e. The van der Waals surface area contributed by atoms with Gasteiger partial charge in [0.25, 0.3) is 0 Å². The van der Waals surface area contributed by atoms with E-state index in [0.29, 0.717) is 47.3 Å². The lowest BCUT2D eigenvalue weighted by Crippen LogP contribution is -2.19. The van der Waals surface area contributed by atoms with Crippen LogP contribution in [0.4, 0.5) is 0 Å². The highest BCUT2D eigenvalue weighted by atomic mass is 16.5. The van der Waals surface area contributed by atoms with Crippen molar-refractivity contribution in [1.82, 2.24) is 0 Å². The average Bonchev–Trinajstić information content (AvgIpc) is 3.19. The monoisotopic (exact) mass is 332 g/mol. The minimum absolute atomic E-state index is 0.211.